The topological polar surface area (TPSA) is 213 Å². The first-order valence-electron chi connectivity index (χ1n) is 41.8. The Bertz CT molecular complexity index is 9580. The van der Waals surface area contributed by atoms with Gasteiger partial charge in [0.05, 0.1) is 5.92 Å². The average molecular weight is 1510 g/mol. The van der Waals surface area contributed by atoms with Gasteiger partial charge in [-0.2, -0.15) is 0 Å². The van der Waals surface area contributed by atoms with Crippen LogP contribution in [0.4, 0.5) is 0 Å². The molecule has 0 radical (unpaired) electrons. The third-order valence-electron chi connectivity index (χ3n) is 36.9. The zero-order valence-corrected chi connectivity index (χ0v) is 61.4. The zero-order valence-electron chi connectivity index (χ0n) is 61.4. The molecule has 0 saturated carbocycles. The van der Waals surface area contributed by atoms with E-state index in [1.807, 2.05) is 12.1 Å². The Balaban J connectivity index is 0.877. The van der Waals surface area contributed by atoms with Gasteiger partial charge < -0.3 is 49.6 Å². The molecule has 2 spiro atoms. The number of benzene rings is 16. The lowest BCUT2D eigenvalue weighted by Gasteiger charge is -2.71. The third-order valence-corrected chi connectivity index (χ3v) is 36.9. The first-order chi connectivity index (χ1) is 57.7. The van der Waals surface area contributed by atoms with E-state index < -0.39 is 74.7 Å². The van der Waals surface area contributed by atoms with Crippen molar-refractivity contribution in [2.45, 2.75) is 100 Å². The molecule has 23 aliphatic rings. The Morgan fingerprint density at radius 1 is 0.441 bits per heavy atom. The van der Waals surface area contributed by atoms with E-state index in [1.54, 1.807) is 12.1 Å². The molecule has 118 heavy (non-hydrogen) atoms. The number of ether oxygens (including phenoxy) is 4. The maximum Gasteiger partial charge on any atom is 0.298 e. The quantitative estimate of drug-likeness (QED) is 0.0396. The van der Waals surface area contributed by atoms with Gasteiger partial charge in [0.1, 0.15) is 50.7 Å². The van der Waals surface area contributed by atoms with Gasteiger partial charge in [0.2, 0.25) is 0 Å². The van der Waals surface area contributed by atoms with Crippen molar-refractivity contribution in [2.24, 2.45) is 5.92 Å². The van der Waals surface area contributed by atoms with Crippen LogP contribution in [-0.2, 0) is 47.9 Å². The Hall–Kier alpha value is -13.0. The number of carbonyl (C=O) groups excluding carboxylic acids is 3. The summed E-state index contributed by atoms with van der Waals surface area (Å²) in [5.41, 5.74) is 10.5. The first-order valence-corrected chi connectivity index (χ1v) is 41.8. The second-order valence-corrected chi connectivity index (χ2v) is 39.3. The molecule has 6 N–H and O–H groups in total. The molecule has 0 amide bonds. The number of aliphatic hydroxyl groups is 5. The lowest BCUT2D eigenvalue weighted by atomic mass is 9.32. The number of hydrogen-bond acceptors (Lipinski definition) is 13. The molecule has 13 heteroatoms. The summed E-state index contributed by atoms with van der Waals surface area (Å²) in [7, 11) is 0. The van der Waals surface area contributed by atoms with E-state index in [9.17, 15) is 19.5 Å². The summed E-state index contributed by atoms with van der Waals surface area (Å²) in [5.74, 6) is -6.92. The molecule has 1 saturated heterocycles. The van der Waals surface area contributed by atoms with Crippen LogP contribution in [0, 0.1) is 5.92 Å². The number of phenols is 1. The first kappa shape index (κ1) is 55.6. The summed E-state index contributed by atoms with van der Waals surface area (Å²) in [5, 5.41) is 126. The highest BCUT2D eigenvalue weighted by Gasteiger charge is 2.91. The smallest absolute Gasteiger partial charge is 0.298 e. The largest absolute Gasteiger partial charge is 0.507 e. The van der Waals surface area contributed by atoms with Crippen molar-refractivity contribution < 1.29 is 64.0 Å². The summed E-state index contributed by atoms with van der Waals surface area (Å²) in [6.07, 6.45) is 13.1. The van der Waals surface area contributed by atoms with Crippen LogP contribution in [0.25, 0.3) is 197 Å². The van der Waals surface area contributed by atoms with E-state index in [1.165, 1.54) is 37.9 Å². The number of aryl methyl sites for hydroxylation is 1. The van der Waals surface area contributed by atoms with Crippen LogP contribution in [0.15, 0.2) is 142 Å². The van der Waals surface area contributed by atoms with Crippen LogP contribution in [0.2, 0.25) is 0 Å². The van der Waals surface area contributed by atoms with Crippen molar-refractivity contribution >= 4 is 194 Å². The van der Waals surface area contributed by atoms with E-state index >= 15 is 25.5 Å². The SMILES string of the molecule is CC1C2=C3C4=C5C6=C7C8=c9c%10c%11c%12c%13c9c9c%14c%15c%16c%17c%18c%19c(cc%20c%21c(cc1c(c%21%19)=C3C%18C5(O)C%16(O)C79)CCC=%20)cc%17cc%15cc1cc3ccc5c(c3c%13c1%14)C%12(O)C(C=C5)c1c(OC=O)c(OC=O)c3c(c1-%11)C1c5c7c-3cc(OC=O)cc7cc3cc7c(O)c9cc%11ccc%12c%13c%11c%11c9c9c7c(c53)C(C8(O)C9=C6C%11C43OC%133C2C=C%12)C%101O. The lowest BCUT2D eigenvalue weighted by molar-refractivity contribution is -0.158. The highest BCUT2D eigenvalue weighted by Crippen LogP contribution is 2.93. The number of carbonyl (C=O) groups is 3. The summed E-state index contributed by atoms with van der Waals surface area (Å²) in [4.78, 5) is 41.0. The number of phenolic OH excluding ortho intramolecular Hbond substituents is 1. The lowest BCUT2D eigenvalue weighted by Crippen LogP contribution is -2.72. The third kappa shape index (κ3) is 4.06. The van der Waals surface area contributed by atoms with Crippen molar-refractivity contribution in [1.29, 1.82) is 0 Å². The Kier molecular flexibility index (Phi) is 6.93. The van der Waals surface area contributed by atoms with E-state index in [4.69, 9.17) is 18.9 Å². The van der Waals surface area contributed by atoms with Gasteiger partial charge in [0.25, 0.3) is 19.4 Å². The molecule has 16 aromatic carbocycles. The van der Waals surface area contributed by atoms with Crippen LogP contribution in [0.5, 0.6) is 23.0 Å². The maximum atomic E-state index is 17.6. The van der Waals surface area contributed by atoms with Crippen molar-refractivity contribution in [3.63, 3.8) is 0 Å². The average Bonchev–Trinajstić information content (AvgIpc) is 1.17. The Morgan fingerprint density at radius 2 is 1.13 bits per heavy atom. The minimum atomic E-state index is -2.31. The maximum absolute atomic E-state index is 17.6. The number of fused-ring (bicyclic) bond motifs is 3. The molecule has 22 aliphatic carbocycles. The molecule has 15 atom stereocenters. The standard InChI is InChI=1S/C105H44O13/c1-27-41-20-31-4-2-3-30-13-35-16-37-17-36-15-34-14-32-7-5-28-9-11-45-61-65-73-60(96(116-25-107)97(61)117-26-108)42-23-40(115-24-106)19-38-18-39-22-44-59-71-58-43(95(44)109)21-33-8-6-29-10-12-46-47(27)67-72-57(41)62(48(30)31)51(35)69-56(37)89-55(36)64-50(34)63-53(32)82(28)99(45,110)85-74(63)66-75(64)91-80-76-81(92-70(58)54(33)83(29)104(46)105(92,118-104)94(67)93(76)103(114,90(69)72)102(89,91)113)86(71)101(112)88(80)79(66)87(78(65)85)100(111)84(73)68(49(38)42)52(39)77(59)98(100)101/h3,5-27,45-46,84,90-92,98,109-114H,2,4H2,1H3. The molecule has 1 heterocycles. The molecular weight excluding hydrogens is 1470 g/mol. The van der Waals surface area contributed by atoms with E-state index in [0.717, 1.165) is 177 Å². The number of rotatable bonds is 6. The van der Waals surface area contributed by atoms with Crippen LogP contribution in [0.3, 0.4) is 0 Å². The summed E-state index contributed by atoms with van der Waals surface area (Å²) < 4.78 is 27.8. The fraction of sp³-hybridized carbons (Fsp3) is 0.171. The van der Waals surface area contributed by atoms with Crippen molar-refractivity contribution in [2.75, 3.05) is 0 Å². The fourth-order valence-electron chi connectivity index (χ4n) is 34.9. The molecule has 15 unspecified atom stereocenters. The van der Waals surface area contributed by atoms with Gasteiger partial charge in [-0.15, -0.1) is 0 Å². The molecule has 39 rings (SSSR count). The Labute approximate surface area is 658 Å². The minimum Gasteiger partial charge on any atom is -0.507 e. The molecule has 542 valence electrons. The van der Waals surface area contributed by atoms with Gasteiger partial charge in [-0.25, -0.2) is 0 Å². The predicted octanol–water partition coefficient (Wildman–Crippen LogP) is 14.9. The van der Waals surface area contributed by atoms with Crippen molar-refractivity contribution in [1.82, 2.24) is 0 Å². The van der Waals surface area contributed by atoms with Gasteiger partial charge in [0.15, 0.2) is 11.5 Å². The Morgan fingerprint density at radius 3 is 1.96 bits per heavy atom. The van der Waals surface area contributed by atoms with Crippen LogP contribution in [0.1, 0.15) is 149 Å². The molecule has 13 nitrogen and oxygen atoms in total. The number of aromatic hydroxyl groups is 1. The van der Waals surface area contributed by atoms with Gasteiger partial charge >= 0.3 is 0 Å². The van der Waals surface area contributed by atoms with Gasteiger partial charge in [-0.1, -0.05) is 67.6 Å². The van der Waals surface area contributed by atoms with Gasteiger partial charge in [-0.05, 0) is 330 Å². The molecule has 1 aliphatic heterocycles. The second-order valence-electron chi connectivity index (χ2n) is 39.3. The predicted molar refractivity (Wildman–Crippen MR) is 440 cm³/mol. The van der Waals surface area contributed by atoms with Crippen LogP contribution < -0.4 is 29.9 Å². The highest BCUT2D eigenvalue weighted by atomic mass is 16.6. The zero-order chi connectivity index (χ0) is 75.6. The molecular formula is C105H44O13. The van der Waals surface area contributed by atoms with E-state index in [-0.39, 0.29) is 34.8 Å². The molecule has 16 aromatic rings. The molecule has 0 bridgehead atoms. The van der Waals surface area contributed by atoms with Crippen LogP contribution >= 0.6 is 0 Å². The van der Waals surface area contributed by atoms with Gasteiger partial charge in [-0.3, -0.25) is 14.4 Å². The molecule has 0 aromatic heterocycles. The summed E-state index contributed by atoms with van der Waals surface area (Å²) in [6, 6.07) is 33.0. The monoisotopic (exact) mass is 1510 g/mol. The van der Waals surface area contributed by atoms with Gasteiger partial charge in [0, 0.05) is 113 Å². The second kappa shape index (κ2) is 14.7. The van der Waals surface area contributed by atoms with Crippen LogP contribution in [-0.4, -0.2) is 66.9 Å². The minimum absolute atomic E-state index is 0.0501. The fourth-order valence-corrected chi connectivity index (χ4v) is 34.9. The normalized spacial score (nSPS) is 32.9. The summed E-state index contributed by atoms with van der Waals surface area (Å²) >= 11 is 0. The van der Waals surface area contributed by atoms with Crippen molar-refractivity contribution in [3.8, 4) is 45.3 Å². The van der Waals surface area contributed by atoms with E-state index in [0.29, 0.717) is 146 Å². The molecule has 1 fully saturated rings. The highest BCUT2D eigenvalue weighted by molar-refractivity contribution is 6.43. The van der Waals surface area contributed by atoms with Crippen molar-refractivity contribution in [3.05, 3.63) is 252 Å². The van der Waals surface area contributed by atoms with E-state index in [2.05, 4.69) is 104 Å². The number of hydrogen-bond donors (Lipinski definition) is 6. The summed E-state index contributed by atoms with van der Waals surface area (Å²) in [6.45, 7) is 3.48. The number of epoxide rings is 1.